The molecular weight excluding hydrogens is 499 g/mol. The molecule has 5 nitrogen and oxygen atoms in total. The van der Waals surface area contributed by atoms with Crippen LogP contribution in [0.2, 0.25) is 0 Å². The SMILES string of the molecule is CC(=O)c1cn(CCCN2CCCN(Cc3ccccc3CI)CC2)c2ncccc12. The van der Waals surface area contributed by atoms with Crippen LogP contribution >= 0.6 is 22.6 Å². The summed E-state index contributed by atoms with van der Waals surface area (Å²) in [6, 6.07) is 12.7. The van der Waals surface area contributed by atoms with E-state index in [2.05, 4.69) is 66.2 Å². The van der Waals surface area contributed by atoms with Crippen LogP contribution in [0.5, 0.6) is 0 Å². The lowest BCUT2D eigenvalue weighted by Crippen LogP contribution is -2.31. The number of rotatable bonds is 8. The Morgan fingerprint density at radius 1 is 1.00 bits per heavy atom. The number of ketones is 1. The number of hydrogen-bond acceptors (Lipinski definition) is 4. The van der Waals surface area contributed by atoms with Gasteiger partial charge in [0.05, 0.1) is 0 Å². The first-order valence-electron chi connectivity index (χ1n) is 11.2. The molecule has 0 atom stereocenters. The molecule has 1 aliphatic rings. The molecular formula is C25H31IN4O. The van der Waals surface area contributed by atoms with Gasteiger partial charge >= 0.3 is 0 Å². The molecule has 0 aliphatic carbocycles. The summed E-state index contributed by atoms with van der Waals surface area (Å²) >= 11 is 2.46. The monoisotopic (exact) mass is 530 g/mol. The van der Waals surface area contributed by atoms with Crippen molar-refractivity contribution in [3.05, 3.63) is 65.5 Å². The molecule has 3 heterocycles. The maximum atomic E-state index is 12.0. The molecule has 1 fully saturated rings. The average Bonchev–Trinajstić information content (AvgIpc) is 3.01. The molecule has 164 valence electrons. The van der Waals surface area contributed by atoms with Gasteiger partial charge in [-0.3, -0.25) is 9.69 Å². The van der Waals surface area contributed by atoms with Gasteiger partial charge in [-0.2, -0.15) is 0 Å². The largest absolute Gasteiger partial charge is 0.332 e. The highest BCUT2D eigenvalue weighted by atomic mass is 127. The highest BCUT2D eigenvalue weighted by Crippen LogP contribution is 2.20. The van der Waals surface area contributed by atoms with Crippen molar-refractivity contribution in [3.8, 4) is 0 Å². The Morgan fingerprint density at radius 3 is 2.58 bits per heavy atom. The predicted octanol–water partition coefficient (Wildman–Crippen LogP) is 4.77. The Morgan fingerprint density at radius 2 is 1.77 bits per heavy atom. The van der Waals surface area contributed by atoms with Crippen LogP contribution in [-0.4, -0.2) is 57.9 Å². The lowest BCUT2D eigenvalue weighted by atomic mass is 10.1. The van der Waals surface area contributed by atoms with Crippen LogP contribution in [0.4, 0.5) is 0 Å². The first-order valence-corrected chi connectivity index (χ1v) is 12.7. The van der Waals surface area contributed by atoms with Crippen molar-refractivity contribution in [1.29, 1.82) is 0 Å². The van der Waals surface area contributed by atoms with E-state index in [1.54, 1.807) is 6.92 Å². The van der Waals surface area contributed by atoms with Crippen molar-refractivity contribution in [2.45, 2.75) is 37.3 Å². The number of pyridine rings is 1. The summed E-state index contributed by atoms with van der Waals surface area (Å²) in [7, 11) is 0. The molecule has 4 rings (SSSR count). The Labute approximate surface area is 198 Å². The number of alkyl halides is 1. The summed E-state index contributed by atoms with van der Waals surface area (Å²) in [6.45, 7) is 9.24. The van der Waals surface area contributed by atoms with Crippen molar-refractivity contribution < 1.29 is 4.79 Å². The van der Waals surface area contributed by atoms with E-state index in [0.29, 0.717) is 0 Å². The van der Waals surface area contributed by atoms with Crippen LogP contribution in [0, 0.1) is 0 Å². The fourth-order valence-electron chi connectivity index (χ4n) is 4.53. The second kappa shape index (κ2) is 10.7. The molecule has 0 N–H and O–H groups in total. The Balaban J connectivity index is 1.31. The molecule has 0 saturated carbocycles. The number of aryl methyl sites for hydroxylation is 1. The zero-order valence-corrected chi connectivity index (χ0v) is 20.4. The lowest BCUT2D eigenvalue weighted by molar-refractivity contribution is 0.101. The number of nitrogens with zero attached hydrogens (tertiary/aromatic N) is 4. The Hall–Kier alpha value is -1.77. The standard InChI is InChI=1S/C25H31IN4O/c1-20(31)24-19-30(25-23(24)9-4-10-27-25)14-6-12-28-11-5-13-29(16-15-28)18-22-8-3-2-7-21(22)17-26/h2-4,7-10,19H,5-6,11-18H2,1H3. The smallest absolute Gasteiger partial charge is 0.162 e. The van der Waals surface area contributed by atoms with Crippen LogP contribution in [0.3, 0.4) is 0 Å². The lowest BCUT2D eigenvalue weighted by Gasteiger charge is -2.22. The number of benzene rings is 1. The number of carbonyl (C=O) groups excluding carboxylic acids is 1. The number of fused-ring (bicyclic) bond motifs is 1. The van der Waals surface area contributed by atoms with Gasteiger partial charge in [0.1, 0.15) is 5.65 Å². The van der Waals surface area contributed by atoms with E-state index in [9.17, 15) is 4.79 Å². The normalized spacial score (nSPS) is 15.9. The summed E-state index contributed by atoms with van der Waals surface area (Å²) in [4.78, 5) is 21.7. The quantitative estimate of drug-likeness (QED) is 0.239. The van der Waals surface area contributed by atoms with Gasteiger partial charge in [-0.05, 0) is 62.7 Å². The topological polar surface area (TPSA) is 41.4 Å². The van der Waals surface area contributed by atoms with Crippen molar-refractivity contribution >= 4 is 39.4 Å². The molecule has 0 spiro atoms. The first kappa shape index (κ1) is 22.4. The van der Waals surface area contributed by atoms with Gasteiger partial charge < -0.3 is 9.47 Å². The summed E-state index contributed by atoms with van der Waals surface area (Å²) in [6.07, 6.45) is 6.07. The number of aromatic nitrogens is 2. The maximum absolute atomic E-state index is 12.0. The summed E-state index contributed by atoms with van der Waals surface area (Å²) in [5.41, 5.74) is 4.63. The average molecular weight is 530 g/mol. The molecule has 1 saturated heterocycles. The molecule has 2 aromatic heterocycles. The van der Waals surface area contributed by atoms with E-state index in [1.807, 2.05) is 24.5 Å². The minimum Gasteiger partial charge on any atom is -0.332 e. The van der Waals surface area contributed by atoms with E-state index < -0.39 is 0 Å². The number of carbonyl (C=O) groups is 1. The van der Waals surface area contributed by atoms with Crippen LogP contribution in [0.1, 0.15) is 41.3 Å². The third-order valence-corrected chi connectivity index (χ3v) is 7.05. The molecule has 0 amide bonds. The zero-order valence-electron chi connectivity index (χ0n) is 18.3. The maximum Gasteiger partial charge on any atom is 0.162 e. The van der Waals surface area contributed by atoms with E-state index in [4.69, 9.17) is 0 Å². The fourth-order valence-corrected chi connectivity index (χ4v) is 5.27. The van der Waals surface area contributed by atoms with E-state index >= 15 is 0 Å². The Kier molecular flexibility index (Phi) is 7.74. The molecule has 1 aliphatic heterocycles. The highest BCUT2D eigenvalue weighted by molar-refractivity contribution is 14.1. The van der Waals surface area contributed by atoms with Crippen LogP contribution in [0.25, 0.3) is 11.0 Å². The summed E-state index contributed by atoms with van der Waals surface area (Å²) in [5, 5.41) is 0.965. The van der Waals surface area contributed by atoms with Crippen molar-refractivity contribution in [1.82, 2.24) is 19.4 Å². The molecule has 0 radical (unpaired) electrons. The van der Waals surface area contributed by atoms with Gasteiger partial charge in [0, 0.05) is 53.9 Å². The number of halogens is 1. The van der Waals surface area contributed by atoms with Gasteiger partial charge in [0.25, 0.3) is 0 Å². The molecule has 31 heavy (non-hydrogen) atoms. The summed E-state index contributed by atoms with van der Waals surface area (Å²) in [5.74, 6) is 0.105. The zero-order chi connectivity index (χ0) is 21.6. The van der Waals surface area contributed by atoms with Gasteiger partial charge in [-0.15, -0.1) is 0 Å². The highest BCUT2D eigenvalue weighted by Gasteiger charge is 2.17. The molecule has 6 heteroatoms. The van der Waals surface area contributed by atoms with Gasteiger partial charge in [0.2, 0.25) is 0 Å². The molecule has 3 aromatic rings. The minimum atomic E-state index is 0.105. The fraction of sp³-hybridized carbons (Fsp3) is 0.440. The van der Waals surface area contributed by atoms with Gasteiger partial charge in [0.15, 0.2) is 5.78 Å². The number of hydrogen-bond donors (Lipinski definition) is 0. The Bertz CT molecular complexity index is 1030. The van der Waals surface area contributed by atoms with Gasteiger partial charge in [-0.1, -0.05) is 46.9 Å². The predicted molar refractivity (Wildman–Crippen MR) is 135 cm³/mol. The third-order valence-electron chi connectivity index (χ3n) is 6.22. The molecule has 1 aromatic carbocycles. The van der Waals surface area contributed by atoms with E-state index in [0.717, 1.165) is 66.7 Å². The first-order chi connectivity index (χ1) is 15.2. The summed E-state index contributed by atoms with van der Waals surface area (Å²) < 4.78 is 3.22. The molecule has 0 unspecified atom stereocenters. The number of Topliss-reactive ketones (excluding diaryl/α,β-unsaturated/α-hetero) is 1. The molecule has 0 bridgehead atoms. The van der Waals surface area contributed by atoms with Crippen LogP contribution in [0.15, 0.2) is 48.8 Å². The minimum absolute atomic E-state index is 0.105. The van der Waals surface area contributed by atoms with E-state index in [-0.39, 0.29) is 5.78 Å². The van der Waals surface area contributed by atoms with Crippen LogP contribution < -0.4 is 0 Å². The third kappa shape index (κ3) is 5.54. The van der Waals surface area contributed by atoms with E-state index in [1.165, 1.54) is 24.1 Å². The van der Waals surface area contributed by atoms with Gasteiger partial charge in [-0.25, -0.2) is 4.98 Å². The second-order valence-electron chi connectivity index (χ2n) is 8.39. The second-order valence-corrected chi connectivity index (χ2v) is 9.16. The van der Waals surface area contributed by atoms with Crippen molar-refractivity contribution in [3.63, 3.8) is 0 Å². The van der Waals surface area contributed by atoms with Crippen molar-refractivity contribution in [2.24, 2.45) is 0 Å². The van der Waals surface area contributed by atoms with Crippen molar-refractivity contribution in [2.75, 3.05) is 32.7 Å². The van der Waals surface area contributed by atoms with Crippen LogP contribution in [-0.2, 0) is 17.5 Å².